The summed E-state index contributed by atoms with van der Waals surface area (Å²) in [6, 6.07) is 4.46. The van der Waals surface area contributed by atoms with Crippen molar-refractivity contribution in [2.24, 2.45) is 22.7 Å². The SMILES string of the molecule is CO[C@@]12CCC3(C[C@@H]1[C@@](C)(O)C(C)(C)C)[C@H]1Cc4ccc(O)c5c4[C@@]3(CCN1CC1CC1)[C@H]2O5. The maximum Gasteiger partial charge on any atom is 0.165 e. The fourth-order valence-corrected chi connectivity index (χ4v) is 9.58. The van der Waals surface area contributed by atoms with Gasteiger partial charge >= 0.3 is 0 Å². The number of ether oxygens (including phenoxy) is 2. The summed E-state index contributed by atoms with van der Waals surface area (Å²) in [4.78, 5) is 2.82. The van der Waals surface area contributed by atoms with Crippen LogP contribution >= 0.6 is 0 Å². The minimum absolute atomic E-state index is 0.0294. The molecule has 5 heteroatoms. The summed E-state index contributed by atoms with van der Waals surface area (Å²) < 4.78 is 13.5. The molecule has 186 valence electrons. The Balaban J connectivity index is 1.47. The van der Waals surface area contributed by atoms with Crippen LogP contribution in [-0.2, 0) is 16.6 Å². The van der Waals surface area contributed by atoms with Gasteiger partial charge in [0.2, 0.25) is 0 Å². The van der Waals surface area contributed by atoms with Crippen LogP contribution in [0.4, 0.5) is 0 Å². The van der Waals surface area contributed by atoms with E-state index in [0.29, 0.717) is 11.8 Å². The van der Waals surface area contributed by atoms with E-state index in [1.807, 2.05) is 20.1 Å². The average molecular weight is 468 g/mol. The highest BCUT2D eigenvalue weighted by Crippen LogP contribution is 2.78. The minimum Gasteiger partial charge on any atom is -0.504 e. The van der Waals surface area contributed by atoms with E-state index < -0.39 is 11.2 Å². The Kier molecular flexibility index (Phi) is 4.08. The molecule has 7 atom stereocenters. The van der Waals surface area contributed by atoms with Crippen LogP contribution < -0.4 is 4.74 Å². The predicted octanol–water partition coefficient (Wildman–Crippen LogP) is 4.41. The van der Waals surface area contributed by atoms with Gasteiger partial charge in [0.1, 0.15) is 11.7 Å². The van der Waals surface area contributed by atoms with Gasteiger partial charge < -0.3 is 19.7 Å². The molecular formula is C29H41NO4. The van der Waals surface area contributed by atoms with Crippen LogP contribution in [0.25, 0.3) is 0 Å². The van der Waals surface area contributed by atoms with Gasteiger partial charge in [-0.3, -0.25) is 4.90 Å². The molecule has 1 saturated heterocycles. The topological polar surface area (TPSA) is 62.2 Å². The van der Waals surface area contributed by atoms with Gasteiger partial charge in [0, 0.05) is 42.0 Å². The quantitative estimate of drug-likeness (QED) is 0.687. The molecule has 34 heavy (non-hydrogen) atoms. The first kappa shape index (κ1) is 21.9. The molecule has 4 saturated carbocycles. The van der Waals surface area contributed by atoms with Crippen LogP contribution in [0.5, 0.6) is 11.5 Å². The minimum atomic E-state index is -0.909. The monoisotopic (exact) mass is 467 g/mol. The molecule has 0 amide bonds. The first-order chi connectivity index (χ1) is 16.0. The fourth-order valence-electron chi connectivity index (χ4n) is 9.58. The second kappa shape index (κ2) is 6.33. The van der Waals surface area contributed by atoms with Crippen LogP contribution in [0.2, 0.25) is 0 Å². The van der Waals surface area contributed by atoms with E-state index in [1.165, 1.54) is 30.5 Å². The summed E-state index contributed by atoms with van der Waals surface area (Å²) in [5.74, 6) is 1.80. The number of methoxy groups -OCH3 is 1. The van der Waals surface area contributed by atoms with E-state index >= 15 is 0 Å². The number of hydrogen-bond donors (Lipinski definition) is 2. The Bertz CT molecular complexity index is 1060. The summed E-state index contributed by atoms with van der Waals surface area (Å²) in [7, 11) is 1.83. The number of phenols is 1. The molecule has 2 N–H and O–H groups in total. The highest BCUT2D eigenvalue weighted by atomic mass is 16.6. The van der Waals surface area contributed by atoms with E-state index in [-0.39, 0.29) is 34.0 Å². The fraction of sp³-hybridized carbons (Fsp3) is 0.793. The molecule has 0 radical (unpaired) electrons. The first-order valence-electron chi connectivity index (χ1n) is 13.6. The van der Waals surface area contributed by atoms with Gasteiger partial charge in [0.25, 0.3) is 0 Å². The molecule has 1 unspecified atom stereocenters. The molecule has 2 aliphatic heterocycles. The summed E-state index contributed by atoms with van der Waals surface area (Å²) in [5.41, 5.74) is 0.783. The second-order valence-electron chi connectivity index (χ2n) is 13.8. The molecule has 4 bridgehead atoms. The summed E-state index contributed by atoms with van der Waals surface area (Å²) in [6.45, 7) is 10.8. The lowest BCUT2D eigenvalue weighted by Gasteiger charge is -2.75. The van der Waals surface area contributed by atoms with Crippen molar-refractivity contribution in [1.82, 2.24) is 4.90 Å². The van der Waals surface area contributed by atoms with Crippen LogP contribution in [0.3, 0.4) is 0 Å². The second-order valence-corrected chi connectivity index (χ2v) is 13.8. The zero-order valence-electron chi connectivity index (χ0n) is 21.5. The van der Waals surface area contributed by atoms with Crippen molar-refractivity contribution in [2.75, 3.05) is 20.2 Å². The summed E-state index contributed by atoms with van der Waals surface area (Å²) >= 11 is 0. The number of phenolic OH excluding ortho intramolecular Hbond substituents is 1. The molecule has 8 rings (SSSR count). The van der Waals surface area contributed by atoms with Crippen molar-refractivity contribution in [2.45, 2.75) is 101 Å². The van der Waals surface area contributed by atoms with Crippen molar-refractivity contribution in [1.29, 1.82) is 0 Å². The van der Waals surface area contributed by atoms with E-state index in [0.717, 1.165) is 44.6 Å². The zero-order valence-corrected chi connectivity index (χ0v) is 21.5. The Morgan fingerprint density at radius 3 is 2.59 bits per heavy atom. The smallest absolute Gasteiger partial charge is 0.165 e. The third-order valence-electron chi connectivity index (χ3n) is 11.9. The van der Waals surface area contributed by atoms with Gasteiger partial charge in [-0.15, -0.1) is 0 Å². The molecule has 5 fully saturated rings. The maximum absolute atomic E-state index is 12.2. The number of benzene rings is 1. The lowest BCUT2D eigenvalue weighted by atomic mass is 9.33. The molecule has 1 aromatic carbocycles. The third kappa shape index (κ3) is 2.25. The molecule has 5 nitrogen and oxygen atoms in total. The van der Waals surface area contributed by atoms with Gasteiger partial charge in [-0.05, 0) is 81.4 Å². The molecule has 2 heterocycles. The van der Waals surface area contributed by atoms with E-state index in [1.54, 1.807) is 0 Å². The van der Waals surface area contributed by atoms with Gasteiger partial charge in [0.15, 0.2) is 11.5 Å². The molecule has 0 aromatic heterocycles. The van der Waals surface area contributed by atoms with Crippen molar-refractivity contribution in [3.63, 3.8) is 0 Å². The van der Waals surface area contributed by atoms with E-state index in [9.17, 15) is 10.2 Å². The lowest BCUT2D eigenvalue weighted by molar-refractivity contribution is -0.312. The van der Waals surface area contributed by atoms with Crippen LogP contribution in [-0.4, -0.2) is 58.7 Å². The maximum atomic E-state index is 12.2. The largest absolute Gasteiger partial charge is 0.504 e. The number of fused-ring (bicyclic) bond motifs is 2. The average Bonchev–Trinajstić information content (AvgIpc) is 3.53. The van der Waals surface area contributed by atoms with Crippen molar-refractivity contribution in [3.8, 4) is 11.5 Å². The highest BCUT2D eigenvalue weighted by molar-refractivity contribution is 5.63. The molecule has 7 aliphatic rings. The van der Waals surface area contributed by atoms with Crippen molar-refractivity contribution < 1.29 is 19.7 Å². The van der Waals surface area contributed by atoms with Crippen LogP contribution in [0.1, 0.15) is 77.3 Å². The number of likely N-dealkylation sites (tertiary alicyclic amines) is 1. The van der Waals surface area contributed by atoms with Crippen LogP contribution in [0.15, 0.2) is 12.1 Å². The predicted molar refractivity (Wildman–Crippen MR) is 130 cm³/mol. The van der Waals surface area contributed by atoms with Crippen molar-refractivity contribution >= 4 is 0 Å². The molecule has 2 spiro atoms. The first-order valence-corrected chi connectivity index (χ1v) is 13.6. The summed E-state index contributed by atoms with van der Waals surface area (Å²) in [6.07, 6.45) is 7.64. The number of aliphatic hydroxyl groups is 1. The van der Waals surface area contributed by atoms with Gasteiger partial charge in [0.05, 0.1) is 5.60 Å². The van der Waals surface area contributed by atoms with E-state index in [4.69, 9.17) is 9.47 Å². The lowest BCUT2D eigenvalue weighted by Crippen LogP contribution is -2.83. The number of rotatable bonds is 4. The van der Waals surface area contributed by atoms with Gasteiger partial charge in [-0.1, -0.05) is 26.8 Å². The standard InChI is InChI=1S/C29H41NO4/c1-25(2,3)26(4,32)20-15-27-10-11-29(20,33-5)24-28(27)12-13-30(16-17-6-7-17)21(27)14-18-8-9-19(31)23(34-24)22(18)28/h8-9,17,20-21,24,31-32H,6-7,10-16H2,1-5H3/t20-,21-,24-,26-,27?,28+,29+/m1/s1. The normalized spacial score (nSPS) is 43.9. The number of piperidine rings is 1. The number of aromatic hydroxyl groups is 1. The Morgan fingerprint density at radius 1 is 1.15 bits per heavy atom. The highest BCUT2D eigenvalue weighted by Gasteiger charge is 2.82. The number of nitrogens with zero attached hydrogens (tertiary/aromatic N) is 1. The van der Waals surface area contributed by atoms with E-state index in [2.05, 4.69) is 31.7 Å². The third-order valence-corrected chi connectivity index (χ3v) is 11.9. The molecule has 5 aliphatic carbocycles. The number of hydrogen-bond acceptors (Lipinski definition) is 5. The molecular weight excluding hydrogens is 426 g/mol. The Labute approximate surface area is 203 Å². The Hall–Kier alpha value is -1.30. The zero-order chi connectivity index (χ0) is 23.9. The van der Waals surface area contributed by atoms with Crippen molar-refractivity contribution in [3.05, 3.63) is 23.3 Å². The van der Waals surface area contributed by atoms with Crippen LogP contribution in [0, 0.1) is 22.7 Å². The van der Waals surface area contributed by atoms with Gasteiger partial charge in [-0.2, -0.15) is 0 Å². The Morgan fingerprint density at radius 2 is 1.91 bits per heavy atom. The molecule has 1 aromatic rings. The summed E-state index contributed by atoms with van der Waals surface area (Å²) in [5, 5.41) is 23.2. The van der Waals surface area contributed by atoms with Gasteiger partial charge in [-0.25, -0.2) is 0 Å².